The van der Waals surface area contributed by atoms with Crippen LogP contribution in [0.25, 0.3) is 11.5 Å². The van der Waals surface area contributed by atoms with Gasteiger partial charge in [-0.2, -0.15) is 13.5 Å². The summed E-state index contributed by atoms with van der Waals surface area (Å²) in [6.07, 6.45) is 1.35. The molecule has 4 aromatic rings. The summed E-state index contributed by atoms with van der Waals surface area (Å²) in [6, 6.07) is 15.7. The van der Waals surface area contributed by atoms with Crippen LogP contribution in [0.3, 0.4) is 0 Å². The van der Waals surface area contributed by atoms with Crippen molar-refractivity contribution < 1.29 is 21.3 Å². The van der Waals surface area contributed by atoms with Crippen LogP contribution in [0.5, 0.6) is 0 Å². The van der Waals surface area contributed by atoms with E-state index in [1.807, 2.05) is 13.8 Å². The van der Waals surface area contributed by atoms with Crippen LogP contribution in [-0.4, -0.2) is 26.0 Å². The van der Waals surface area contributed by atoms with Crippen LogP contribution in [0.4, 0.5) is 0 Å². The Morgan fingerprint density at radius 3 is 1.84 bits per heavy atom. The Kier molecular flexibility index (Phi) is 5.10. The molecular weight excluding hydrogens is 436 g/mol. The molecule has 0 saturated heterocycles. The van der Waals surface area contributed by atoms with Gasteiger partial charge < -0.3 is 4.42 Å². The fraction of sp³-hybridized carbons (Fsp3) is 0.136. The standard InChI is InChI=1S/C22H20N2O5S2/c1-15-6-10-18(11-7-15)30(25,26)22-17(3)23-24(21(22)20-5-4-14-29-20)31(27,28)19-12-8-16(2)9-13-19/h4-14H,1-3H3. The normalized spacial score (nSPS) is 12.2. The van der Waals surface area contributed by atoms with Crippen LogP contribution in [0.1, 0.15) is 16.8 Å². The summed E-state index contributed by atoms with van der Waals surface area (Å²) in [7, 11) is -8.26. The monoisotopic (exact) mass is 456 g/mol. The Balaban J connectivity index is 2.02. The zero-order chi connectivity index (χ0) is 22.4. The molecule has 0 atom stereocenters. The minimum atomic E-state index is -4.18. The Hall–Kier alpha value is -3.17. The third-order valence-electron chi connectivity index (χ3n) is 4.88. The number of benzene rings is 2. The summed E-state index contributed by atoms with van der Waals surface area (Å²) in [5.41, 5.74) is 1.72. The quantitative estimate of drug-likeness (QED) is 0.448. The molecule has 0 amide bonds. The number of nitrogens with zero attached hydrogens (tertiary/aromatic N) is 2. The third kappa shape index (κ3) is 3.60. The van der Waals surface area contributed by atoms with E-state index in [1.54, 1.807) is 30.3 Å². The fourth-order valence-electron chi connectivity index (χ4n) is 3.25. The molecule has 160 valence electrons. The number of furan rings is 1. The maximum atomic E-state index is 13.5. The summed E-state index contributed by atoms with van der Waals surface area (Å²) in [6.45, 7) is 5.16. The molecule has 0 fully saturated rings. The van der Waals surface area contributed by atoms with E-state index in [0.717, 1.165) is 15.2 Å². The van der Waals surface area contributed by atoms with Crippen molar-refractivity contribution in [2.45, 2.75) is 35.5 Å². The van der Waals surface area contributed by atoms with Crippen molar-refractivity contribution in [2.24, 2.45) is 0 Å². The molecular formula is C22H20N2O5S2. The van der Waals surface area contributed by atoms with Gasteiger partial charge in [0.15, 0.2) is 5.76 Å². The zero-order valence-electron chi connectivity index (χ0n) is 17.1. The predicted octanol–water partition coefficient (Wildman–Crippen LogP) is 4.14. The van der Waals surface area contributed by atoms with E-state index in [1.165, 1.54) is 43.5 Å². The Labute approximate surface area is 180 Å². The highest BCUT2D eigenvalue weighted by molar-refractivity contribution is 7.92. The van der Waals surface area contributed by atoms with Gasteiger partial charge in [0.1, 0.15) is 10.6 Å². The van der Waals surface area contributed by atoms with Gasteiger partial charge in [-0.3, -0.25) is 0 Å². The number of rotatable bonds is 5. The van der Waals surface area contributed by atoms with Crippen molar-refractivity contribution in [3.8, 4) is 11.5 Å². The molecule has 2 aromatic carbocycles. The van der Waals surface area contributed by atoms with E-state index in [-0.39, 0.29) is 31.8 Å². The lowest BCUT2D eigenvalue weighted by Crippen LogP contribution is -2.16. The van der Waals surface area contributed by atoms with Crippen LogP contribution >= 0.6 is 0 Å². The molecule has 2 heterocycles. The highest BCUT2D eigenvalue weighted by Gasteiger charge is 2.35. The van der Waals surface area contributed by atoms with Crippen LogP contribution in [0.15, 0.2) is 86.0 Å². The van der Waals surface area contributed by atoms with Gasteiger partial charge in [0.2, 0.25) is 9.84 Å². The highest BCUT2D eigenvalue weighted by Crippen LogP contribution is 2.36. The first-order valence-corrected chi connectivity index (χ1v) is 12.3. The average Bonchev–Trinajstić information content (AvgIpc) is 3.36. The first-order valence-electron chi connectivity index (χ1n) is 9.40. The van der Waals surface area contributed by atoms with Crippen LogP contribution in [-0.2, 0) is 19.9 Å². The molecule has 0 aliphatic rings. The summed E-state index contributed by atoms with van der Waals surface area (Å²) in [5.74, 6) is 0.0852. The molecule has 0 spiro atoms. The Morgan fingerprint density at radius 2 is 1.32 bits per heavy atom. The van der Waals surface area contributed by atoms with Gasteiger partial charge in [0.25, 0.3) is 10.0 Å². The molecule has 0 saturated carbocycles. The Morgan fingerprint density at radius 1 is 0.774 bits per heavy atom. The van der Waals surface area contributed by atoms with E-state index in [4.69, 9.17) is 4.42 Å². The second-order valence-corrected chi connectivity index (χ2v) is 10.9. The van der Waals surface area contributed by atoms with E-state index in [2.05, 4.69) is 5.10 Å². The molecule has 31 heavy (non-hydrogen) atoms. The van der Waals surface area contributed by atoms with Gasteiger partial charge in [0.05, 0.1) is 21.7 Å². The lowest BCUT2D eigenvalue weighted by Gasteiger charge is -2.10. The SMILES string of the molecule is Cc1ccc(S(=O)(=O)c2c(C)nn(S(=O)(=O)c3ccc(C)cc3)c2-c2ccco2)cc1. The van der Waals surface area contributed by atoms with Gasteiger partial charge in [-0.05, 0) is 57.2 Å². The van der Waals surface area contributed by atoms with Crippen LogP contribution in [0.2, 0.25) is 0 Å². The molecule has 0 aliphatic carbocycles. The molecule has 7 nitrogen and oxygen atoms in total. The van der Waals surface area contributed by atoms with Gasteiger partial charge in [-0.25, -0.2) is 8.42 Å². The second-order valence-electron chi connectivity index (χ2n) is 7.22. The average molecular weight is 457 g/mol. The first kappa shape index (κ1) is 21.1. The first-order chi connectivity index (χ1) is 14.6. The molecule has 0 N–H and O–H groups in total. The maximum Gasteiger partial charge on any atom is 0.283 e. The van der Waals surface area contributed by atoms with Crippen molar-refractivity contribution in [3.63, 3.8) is 0 Å². The zero-order valence-corrected chi connectivity index (χ0v) is 18.7. The summed E-state index contributed by atoms with van der Waals surface area (Å²) >= 11 is 0. The maximum absolute atomic E-state index is 13.5. The molecule has 2 aromatic heterocycles. The van der Waals surface area contributed by atoms with E-state index in [0.29, 0.717) is 0 Å². The molecule has 9 heteroatoms. The third-order valence-corrected chi connectivity index (χ3v) is 8.38. The van der Waals surface area contributed by atoms with E-state index >= 15 is 0 Å². The lowest BCUT2D eigenvalue weighted by molar-refractivity contribution is 0.564. The highest BCUT2D eigenvalue weighted by atomic mass is 32.2. The minimum absolute atomic E-state index is 0.00677. The largest absolute Gasteiger partial charge is 0.463 e. The van der Waals surface area contributed by atoms with Crippen molar-refractivity contribution >= 4 is 19.9 Å². The van der Waals surface area contributed by atoms with E-state index < -0.39 is 19.9 Å². The van der Waals surface area contributed by atoms with Gasteiger partial charge in [-0.15, -0.1) is 4.09 Å². The van der Waals surface area contributed by atoms with Crippen LogP contribution < -0.4 is 0 Å². The second kappa shape index (κ2) is 7.51. The van der Waals surface area contributed by atoms with Crippen molar-refractivity contribution in [3.05, 3.63) is 83.7 Å². The smallest absolute Gasteiger partial charge is 0.283 e. The number of hydrogen-bond acceptors (Lipinski definition) is 6. The van der Waals surface area contributed by atoms with Crippen LogP contribution in [0, 0.1) is 20.8 Å². The molecule has 0 bridgehead atoms. The van der Waals surface area contributed by atoms with Crippen molar-refractivity contribution in [1.82, 2.24) is 9.19 Å². The Bertz CT molecular complexity index is 1450. The summed E-state index contributed by atoms with van der Waals surface area (Å²) in [4.78, 5) is -0.170. The number of aryl methyl sites for hydroxylation is 3. The number of aromatic nitrogens is 2. The van der Waals surface area contributed by atoms with Gasteiger partial charge in [0, 0.05) is 0 Å². The summed E-state index contributed by atoms with van der Waals surface area (Å²) < 4.78 is 60.0. The molecule has 0 aliphatic heterocycles. The molecule has 4 rings (SSSR count). The summed E-state index contributed by atoms with van der Waals surface area (Å²) in [5, 5.41) is 4.14. The van der Waals surface area contributed by atoms with Gasteiger partial charge >= 0.3 is 0 Å². The minimum Gasteiger partial charge on any atom is -0.463 e. The number of sulfone groups is 1. The predicted molar refractivity (Wildman–Crippen MR) is 115 cm³/mol. The molecule has 0 radical (unpaired) electrons. The number of hydrogen-bond donors (Lipinski definition) is 0. The van der Waals surface area contributed by atoms with Crippen molar-refractivity contribution in [2.75, 3.05) is 0 Å². The van der Waals surface area contributed by atoms with Crippen molar-refractivity contribution in [1.29, 1.82) is 0 Å². The lowest BCUT2D eigenvalue weighted by atomic mass is 10.2. The molecule has 0 unspecified atom stereocenters. The van der Waals surface area contributed by atoms with Gasteiger partial charge in [-0.1, -0.05) is 35.4 Å². The topological polar surface area (TPSA) is 99.2 Å². The fourth-order valence-corrected chi connectivity index (χ4v) is 6.24. The van der Waals surface area contributed by atoms with E-state index in [9.17, 15) is 16.8 Å².